The highest BCUT2D eigenvalue weighted by Crippen LogP contribution is 2.32. The van der Waals surface area contributed by atoms with Crippen LogP contribution in [0.3, 0.4) is 0 Å². The third-order valence-corrected chi connectivity index (χ3v) is 6.55. The normalized spacial score (nSPS) is 21.2. The molecule has 0 spiro atoms. The zero-order valence-corrected chi connectivity index (χ0v) is 21.3. The van der Waals surface area contributed by atoms with Crippen molar-refractivity contribution in [2.75, 3.05) is 13.7 Å². The van der Waals surface area contributed by atoms with Gasteiger partial charge in [-0.25, -0.2) is 9.97 Å². The van der Waals surface area contributed by atoms with Gasteiger partial charge in [-0.15, -0.1) is 0 Å². The van der Waals surface area contributed by atoms with E-state index in [4.69, 9.17) is 9.72 Å². The molecule has 7 heteroatoms. The third kappa shape index (κ3) is 5.94. The molecule has 0 radical (unpaired) electrons. The quantitative estimate of drug-likeness (QED) is 0.644. The number of carbonyl (C=O) groups excluding carboxylic acids is 1. The molecule has 0 aliphatic heterocycles. The zero-order valence-electron chi connectivity index (χ0n) is 21.3. The van der Waals surface area contributed by atoms with Crippen LogP contribution in [0.2, 0.25) is 0 Å². The first-order chi connectivity index (χ1) is 15.5. The summed E-state index contributed by atoms with van der Waals surface area (Å²) in [6, 6.07) is 2.02. The fourth-order valence-electron chi connectivity index (χ4n) is 4.60. The number of aryl methyl sites for hydroxylation is 1. The number of imidazole rings is 1. The Balaban J connectivity index is 1.86. The summed E-state index contributed by atoms with van der Waals surface area (Å²) in [6.45, 7) is 12.9. The van der Waals surface area contributed by atoms with E-state index in [1.54, 1.807) is 7.11 Å². The Kier molecular flexibility index (Phi) is 7.52. The number of carbonyl (C=O) groups is 1. The fourth-order valence-corrected chi connectivity index (χ4v) is 4.60. The number of methoxy groups -OCH3 is 1. The maximum Gasteiger partial charge on any atom is 0.271 e. The molecule has 2 heterocycles. The van der Waals surface area contributed by atoms with Crippen LogP contribution in [-0.4, -0.2) is 44.8 Å². The molecule has 0 saturated heterocycles. The van der Waals surface area contributed by atoms with Gasteiger partial charge in [0.05, 0.1) is 18.4 Å². The molecule has 0 bridgehead atoms. The van der Waals surface area contributed by atoms with Crippen molar-refractivity contribution in [1.82, 2.24) is 19.9 Å². The topological polar surface area (TPSA) is 89.3 Å². The molecule has 1 amide bonds. The van der Waals surface area contributed by atoms with Crippen LogP contribution in [-0.2, 0) is 12.8 Å². The second-order valence-corrected chi connectivity index (χ2v) is 10.8. The molecule has 0 unspecified atom stereocenters. The minimum atomic E-state index is -0.833. The molecule has 2 aromatic rings. The van der Waals surface area contributed by atoms with E-state index in [2.05, 4.69) is 38.0 Å². The predicted octanol–water partition coefficient (Wildman–Crippen LogP) is 4.41. The Morgan fingerprint density at radius 2 is 2.00 bits per heavy atom. The van der Waals surface area contributed by atoms with Crippen LogP contribution in [0.5, 0.6) is 5.75 Å². The van der Waals surface area contributed by atoms with E-state index in [1.807, 2.05) is 30.7 Å². The van der Waals surface area contributed by atoms with Crippen LogP contribution < -0.4 is 10.1 Å². The lowest BCUT2D eigenvalue weighted by Crippen LogP contribution is -2.45. The van der Waals surface area contributed by atoms with Crippen molar-refractivity contribution in [3.8, 4) is 11.6 Å². The molecule has 3 rings (SSSR count). The minimum Gasteiger partial charge on any atom is -0.493 e. The first-order valence-electron chi connectivity index (χ1n) is 12.1. The number of aromatic nitrogens is 3. The summed E-state index contributed by atoms with van der Waals surface area (Å²) in [6.07, 6.45) is 6.79. The first kappa shape index (κ1) is 25.2. The number of ether oxygens (including phenoxy) is 1. The van der Waals surface area contributed by atoms with Crippen LogP contribution in [0.15, 0.2) is 12.3 Å². The summed E-state index contributed by atoms with van der Waals surface area (Å²) in [5.41, 5.74) is 1.48. The van der Waals surface area contributed by atoms with E-state index in [9.17, 15) is 9.90 Å². The van der Waals surface area contributed by atoms with Crippen molar-refractivity contribution >= 4 is 5.91 Å². The Labute approximate surface area is 198 Å². The number of hydrogen-bond acceptors (Lipinski definition) is 5. The van der Waals surface area contributed by atoms with Gasteiger partial charge < -0.3 is 15.2 Å². The van der Waals surface area contributed by atoms with E-state index in [0.29, 0.717) is 48.1 Å². The summed E-state index contributed by atoms with van der Waals surface area (Å²) in [5.74, 6) is 2.40. The number of rotatable bonds is 7. The lowest BCUT2D eigenvalue weighted by Gasteiger charge is -2.34. The monoisotopic (exact) mass is 456 g/mol. The maximum atomic E-state index is 13.0. The molecule has 0 aromatic carbocycles. The summed E-state index contributed by atoms with van der Waals surface area (Å²) >= 11 is 0. The molecule has 2 N–H and O–H groups in total. The largest absolute Gasteiger partial charge is 0.493 e. The average molecular weight is 457 g/mol. The van der Waals surface area contributed by atoms with Crippen LogP contribution in [0.1, 0.15) is 87.9 Å². The van der Waals surface area contributed by atoms with E-state index in [1.165, 1.54) is 0 Å². The van der Waals surface area contributed by atoms with Crippen LogP contribution in [0.25, 0.3) is 5.82 Å². The summed E-state index contributed by atoms with van der Waals surface area (Å²) in [4.78, 5) is 22.4. The van der Waals surface area contributed by atoms with E-state index >= 15 is 0 Å². The van der Waals surface area contributed by atoms with Gasteiger partial charge >= 0.3 is 0 Å². The van der Waals surface area contributed by atoms with Crippen molar-refractivity contribution in [2.45, 2.75) is 85.7 Å². The van der Waals surface area contributed by atoms with Gasteiger partial charge in [-0.1, -0.05) is 34.6 Å². The van der Waals surface area contributed by atoms with E-state index in [-0.39, 0.29) is 17.9 Å². The third-order valence-electron chi connectivity index (χ3n) is 6.55. The molecule has 0 atom stereocenters. The van der Waals surface area contributed by atoms with Crippen molar-refractivity contribution in [1.29, 1.82) is 0 Å². The molecule has 1 fully saturated rings. The van der Waals surface area contributed by atoms with Crippen LogP contribution in [0.4, 0.5) is 0 Å². The molecule has 33 heavy (non-hydrogen) atoms. The molecule has 7 nitrogen and oxygen atoms in total. The highest BCUT2D eigenvalue weighted by Gasteiger charge is 2.33. The summed E-state index contributed by atoms with van der Waals surface area (Å²) in [7, 11) is 1.64. The Bertz CT molecular complexity index is 982. The van der Waals surface area contributed by atoms with Crippen molar-refractivity contribution < 1.29 is 14.6 Å². The van der Waals surface area contributed by atoms with Gasteiger partial charge in [0.15, 0.2) is 11.6 Å². The lowest BCUT2D eigenvalue weighted by molar-refractivity contribution is -0.00544. The molecule has 182 valence electrons. The van der Waals surface area contributed by atoms with Gasteiger partial charge in [0.2, 0.25) is 0 Å². The second-order valence-electron chi connectivity index (χ2n) is 10.8. The van der Waals surface area contributed by atoms with Gasteiger partial charge in [0.25, 0.3) is 5.91 Å². The van der Waals surface area contributed by atoms with Gasteiger partial charge in [-0.05, 0) is 62.0 Å². The van der Waals surface area contributed by atoms with E-state index < -0.39 is 5.60 Å². The van der Waals surface area contributed by atoms with Crippen molar-refractivity contribution in [3.63, 3.8) is 0 Å². The number of pyridine rings is 1. The zero-order chi connectivity index (χ0) is 24.4. The first-order valence-corrected chi connectivity index (χ1v) is 12.1. The fraction of sp³-hybridized carbons (Fsp3) is 0.654. The van der Waals surface area contributed by atoms with Crippen molar-refractivity contribution in [2.24, 2.45) is 11.3 Å². The van der Waals surface area contributed by atoms with Gasteiger partial charge in [0.1, 0.15) is 11.5 Å². The Hall–Kier alpha value is -2.41. The standard InChI is InChI=1S/C26H40N4O3/c1-8-21-29-22(24(31)28-16-26(32)11-9-17(2)10-12-26)18(3)30(21)23-20(33-7)13-19(15-27-23)14-25(4,5)6/h13,15,17,32H,8-12,14,16H2,1-7H3,(H,28,31). The minimum absolute atomic E-state index is 0.138. The van der Waals surface area contributed by atoms with Crippen molar-refractivity contribution in [3.05, 3.63) is 35.0 Å². The number of nitrogens with one attached hydrogen (secondary N) is 1. The van der Waals surface area contributed by atoms with Gasteiger partial charge in [0, 0.05) is 19.2 Å². The molecule has 1 saturated carbocycles. The number of amides is 1. The SMILES string of the molecule is CCc1nc(C(=O)NCC2(O)CCC(C)CC2)c(C)n1-c1ncc(CC(C)(C)C)cc1OC. The second kappa shape index (κ2) is 9.84. The molecular weight excluding hydrogens is 416 g/mol. The molecule has 1 aliphatic rings. The van der Waals surface area contributed by atoms with Gasteiger partial charge in [-0.2, -0.15) is 0 Å². The van der Waals surface area contributed by atoms with Crippen LogP contribution >= 0.6 is 0 Å². The number of hydrogen-bond donors (Lipinski definition) is 2. The average Bonchev–Trinajstić information content (AvgIpc) is 3.09. The van der Waals surface area contributed by atoms with Crippen LogP contribution in [0, 0.1) is 18.3 Å². The lowest BCUT2D eigenvalue weighted by atomic mass is 9.79. The highest BCUT2D eigenvalue weighted by atomic mass is 16.5. The molecule has 2 aromatic heterocycles. The number of aliphatic hydroxyl groups is 1. The highest BCUT2D eigenvalue weighted by molar-refractivity contribution is 5.93. The molecule has 1 aliphatic carbocycles. The maximum absolute atomic E-state index is 13.0. The Morgan fingerprint density at radius 1 is 1.33 bits per heavy atom. The predicted molar refractivity (Wildman–Crippen MR) is 130 cm³/mol. The smallest absolute Gasteiger partial charge is 0.271 e. The Morgan fingerprint density at radius 3 is 2.58 bits per heavy atom. The molecular formula is C26H40N4O3. The summed E-state index contributed by atoms with van der Waals surface area (Å²) < 4.78 is 7.59. The number of nitrogens with zero attached hydrogens (tertiary/aromatic N) is 3. The summed E-state index contributed by atoms with van der Waals surface area (Å²) in [5, 5.41) is 13.8. The van der Waals surface area contributed by atoms with Gasteiger partial charge in [-0.3, -0.25) is 9.36 Å². The van der Waals surface area contributed by atoms with E-state index in [0.717, 1.165) is 30.7 Å².